The van der Waals surface area contributed by atoms with Crippen molar-refractivity contribution in [3.8, 4) is 0 Å². The van der Waals surface area contributed by atoms with Crippen LogP contribution in [-0.4, -0.2) is 26.3 Å². The van der Waals surface area contributed by atoms with Crippen LogP contribution in [0.1, 0.15) is 26.7 Å². The third-order valence-corrected chi connectivity index (χ3v) is 2.35. The molecule has 0 atom stereocenters. The summed E-state index contributed by atoms with van der Waals surface area (Å²) < 4.78 is 5.25. The van der Waals surface area contributed by atoms with Gasteiger partial charge in [-0.1, -0.05) is 20.3 Å². The van der Waals surface area contributed by atoms with E-state index in [9.17, 15) is 0 Å². The number of rotatable bonds is 5. The first kappa shape index (κ1) is 9.01. The zero-order valence-electron chi connectivity index (χ0n) is 7.65. The molecule has 1 N–H and O–H groups in total. The Morgan fingerprint density at radius 2 is 2.09 bits per heavy atom. The van der Waals surface area contributed by atoms with Crippen molar-refractivity contribution in [2.24, 2.45) is 5.41 Å². The fourth-order valence-electron chi connectivity index (χ4n) is 1.65. The van der Waals surface area contributed by atoms with Crippen LogP contribution in [0.4, 0.5) is 0 Å². The summed E-state index contributed by atoms with van der Waals surface area (Å²) in [6, 6.07) is 0. The van der Waals surface area contributed by atoms with Crippen molar-refractivity contribution in [3.63, 3.8) is 0 Å². The third kappa shape index (κ3) is 2.17. The Balaban J connectivity index is 2.22. The van der Waals surface area contributed by atoms with E-state index in [0.29, 0.717) is 5.41 Å². The van der Waals surface area contributed by atoms with Gasteiger partial charge in [0.2, 0.25) is 0 Å². The van der Waals surface area contributed by atoms with E-state index in [1.807, 2.05) is 0 Å². The average molecular weight is 157 g/mol. The van der Waals surface area contributed by atoms with E-state index >= 15 is 0 Å². The molecule has 0 amide bonds. The summed E-state index contributed by atoms with van der Waals surface area (Å²) in [5.41, 5.74) is 0.491. The van der Waals surface area contributed by atoms with Crippen molar-refractivity contribution in [1.82, 2.24) is 5.32 Å². The molecule has 1 fully saturated rings. The second-order valence-corrected chi connectivity index (χ2v) is 3.52. The second-order valence-electron chi connectivity index (χ2n) is 3.52. The minimum Gasteiger partial charge on any atom is -0.380 e. The van der Waals surface area contributed by atoms with Gasteiger partial charge in [-0.05, 0) is 13.0 Å². The Hall–Kier alpha value is -0.0800. The molecule has 66 valence electrons. The van der Waals surface area contributed by atoms with Crippen LogP contribution in [0, 0.1) is 5.41 Å². The van der Waals surface area contributed by atoms with Gasteiger partial charge in [-0.3, -0.25) is 0 Å². The molecular formula is C9H19NO. The van der Waals surface area contributed by atoms with Gasteiger partial charge in [-0.25, -0.2) is 0 Å². The van der Waals surface area contributed by atoms with Crippen molar-refractivity contribution >= 4 is 0 Å². The molecule has 0 aromatic heterocycles. The van der Waals surface area contributed by atoms with Gasteiger partial charge >= 0.3 is 0 Å². The molecular weight excluding hydrogens is 138 g/mol. The first-order chi connectivity index (χ1) is 5.33. The first-order valence-corrected chi connectivity index (χ1v) is 4.61. The van der Waals surface area contributed by atoms with Crippen LogP contribution >= 0.6 is 0 Å². The van der Waals surface area contributed by atoms with Gasteiger partial charge in [0.05, 0.1) is 13.2 Å². The van der Waals surface area contributed by atoms with E-state index in [0.717, 1.165) is 26.3 Å². The fraction of sp³-hybridized carbons (Fsp3) is 1.00. The lowest BCUT2D eigenvalue weighted by molar-refractivity contribution is -0.115. The third-order valence-electron chi connectivity index (χ3n) is 2.35. The van der Waals surface area contributed by atoms with Crippen LogP contribution in [-0.2, 0) is 4.74 Å². The monoisotopic (exact) mass is 157 g/mol. The molecule has 0 radical (unpaired) electrons. The Labute approximate surface area is 69.3 Å². The summed E-state index contributed by atoms with van der Waals surface area (Å²) >= 11 is 0. The van der Waals surface area contributed by atoms with E-state index in [2.05, 4.69) is 19.2 Å². The standard InChI is InChI=1S/C9H19NO/c1-3-5-9(6-10-4-2)7-11-8-9/h10H,3-8H2,1-2H3. The highest BCUT2D eigenvalue weighted by molar-refractivity contribution is 4.86. The van der Waals surface area contributed by atoms with Crippen molar-refractivity contribution < 1.29 is 4.74 Å². The summed E-state index contributed by atoms with van der Waals surface area (Å²) in [6.07, 6.45) is 2.58. The predicted octanol–water partition coefficient (Wildman–Crippen LogP) is 1.41. The van der Waals surface area contributed by atoms with Crippen LogP contribution in [0.15, 0.2) is 0 Å². The van der Waals surface area contributed by atoms with Gasteiger partial charge < -0.3 is 10.1 Å². The largest absolute Gasteiger partial charge is 0.380 e. The highest BCUT2D eigenvalue weighted by Gasteiger charge is 2.36. The topological polar surface area (TPSA) is 21.3 Å². The van der Waals surface area contributed by atoms with E-state index in [1.165, 1.54) is 12.8 Å². The Morgan fingerprint density at radius 3 is 2.45 bits per heavy atom. The van der Waals surface area contributed by atoms with Crippen LogP contribution in [0.2, 0.25) is 0 Å². The van der Waals surface area contributed by atoms with Crippen LogP contribution in [0.5, 0.6) is 0 Å². The summed E-state index contributed by atoms with van der Waals surface area (Å²) in [5.74, 6) is 0. The molecule has 0 bridgehead atoms. The maximum absolute atomic E-state index is 5.25. The molecule has 2 nitrogen and oxygen atoms in total. The number of ether oxygens (including phenoxy) is 1. The molecule has 11 heavy (non-hydrogen) atoms. The molecule has 0 unspecified atom stereocenters. The van der Waals surface area contributed by atoms with Gasteiger partial charge in [-0.2, -0.15) is 0 Å². The van der Waals surface area contributed by atoms with Crippen molar-refractivity contribution in [1.29, 1.82) is 0 Å². The quantitative estimate of drug-likeness (QED) is 0.651. The van der Waals surface area contributed by atoms with E-state index in [1.54, 1.807) is 0 Å². The predicted molar refractivity (Wildman–Crippen MR) is 46.7 cm³/mol. The van der Waals surface area contributed by atoms with Gasteiger partial charge in [0.15, 0.2) is 0 Å². The second kappa shape index (κ2) is 4.07. The summed E-state index contributed by atoms with van der Waals surface area (Å²) in [5, 5.41) is 3.40. The van der Waals surface area contributed by atoms with E-state index < -0.39 is 0 Å². The molecule has 1 aliphatic heterocycles. The molecule has 0 saturated carbocycles. The molecule has 0 aliphatic carbocycles. The maximum atomic E-state index is 5.25. The van der Waals surface area contributed by atoms with Crippen LogP contribution in [0.25, 0.3) is 0 Å². The fourth-order valence-corrected chi connectivity index (χ4v) is 1.65. The molecule has 1 aliphatic rings. The number of nitrogens with one attached hydrogen (secondary N) is 1. The molecule has 1 saturated heterocycles. The highest BCUT2D eigenvalue weighted by atomic mass is 16.5. The SMILES string of the molecule is CCCC1(CNCC)COC1. The zero-order chi connectivity index (χ0) is 8.16. The van der Waals surface area contributed by atoms with Crippen molar-refractivity contribution in [3.05, 3.63) is 0 Å². The minimum absolute atomic E-state index is 0.491. The highest BCUT2D eigenvalue weighted by Crippen LogP contribution is 2.31. The summed E-state index contributed by atoms with van der Waals surface area (Å²) in [7, 11) is 0. The average Bonchev–Trinajstić information content (AvgIpc) is 1.95. The van der Waals surface area contributed by atoms with E-state index in [-0.39, 0.29) is 0 Å². The van der Waals surface area contributed by atoms with Gasteiger partial charge in [0, 0.05) is 12.0 Å². The number of hydrogen-bond acceptors (Lipinski definition) is 2. The lowest BCUT2D eigenvalue weighted by Gasteiger charge is -2.41. The Kier molecular flexibility index (Phi) is 3.34. The van der Waals surface area contributed by atoms with Crippen LogP contribution in [0.3, 0.4) is 0 Å². The lowest BCUT2D eigenvalue weighted by Crippen LogP contribution is -2.49. The molecule has 0 aromatic rings. The normalized spacial score (nSPS) is 21.3. The molecule has 0 spiro atoms. The Bertz CT molecular complexity index is 110. The van der Waals surface area contributed by atoms with Crippen molar-refractivity contribution in [2.45, 2.75) is 26.7 Å². The van der Waals surface area contributed by atoms with Gasteiger partial charge in [0.1, 0.15) is 0 Å². The first-order valence-electron chi connectivity index (χ1n) is 4.61. The molecule has 0 aromatic carbocycles. The summed E-state index contributed by atoms with van der Waals surface area (Å²) in [4.78, 5) is 0. The van der Waals surface area contributed by atoms with Gasteiger partial charge in [0.25, 0.3) is 0 Å². The zero-order valence-corrected chi connectivity index (χ0v) is 7.65. The molecule has 2 heteroatoms. The van der Waals surface area contributed by atoms with Crippen LogP contribution < -0.4 is 5.32 Å². The molecule has 1 rings (SSSR count). The lowest BCUT2D eigenvalue weighted by atomic mass is 9.81. The minimum atomic E-state index is 0.491. The van der Waals surface area contributed by atoms with Gasteiger partial charge in [-0.15, -0.1) is 0 Å². The Morgan fingerprint density at radius 1 is 1.36 bits per heavy atom. The summed E-state index contributed by atoms with van der Waals surface area (Å²) in [6.45, 7) is 8.54. The molecule has 1 heterocycles. The maximum Gasteiger partial charge on any atom is 0.0557 e. The van der Waals surface area contributed by atoms with Crippen molar-refractivity contribution in [2.75, 3.05) is 26.3 Å². The number of hydrogen-bond donors (Lipinski definition) is 1. The smallest absolute Gasteiger partial charge is 0.0557 e. The van der Waals surface area contributed by atoms with E-state index in [4.69, 9.17) is 4.74 Å².